The van der Waals surface area contributed by atoms with E-state index in [2.05, 4.69) is 26.6 Å². The summed E-state index contributed by atoms with van der Waals surface area (Å²) in [6, 6.07) is 6.07. The van der Waals surface area contributed by atoms with Crippen LogP contribution in [0.5, 0.6) is 0 Å². The zero-order valence-corrected chi connectivity index (χ0v) is 11.5. The van der Waals surface area contributed by atoms with Crippen LogP contribution in [-0.2, 0) is 0 Å². The van der Waals surface area contributed by atoms with Crippen LogP contribution in [0.1, 0.15) is 28.8 Å². The minimum atomic E-state index is 0.00859. The number of amides is 1. The molecule has 0 spiro atoms. The van der Waals surface area contributed by atoms with Crippen LogP contribution in [0.15, 0.2) is 22.7 Å². The fraction of sp³-hybridized carbons (Fsp3) is 0.462. The van der Waals surface area contributed by atoms with Crippen LogP contribution in [-0.4, -0.2) is 25.0 Å². The minimum absolute atomic E-state index is 0.00859. The zero-order valence-electron chi connectivity index (χ0n) is 9.92. The van der Waals surface area contributed by atoms with Crippen molar-refractivity contribution in [2.24, 2.45) is 0 Å². The van der Waals surface area contributed by atoms with Crippen molar-refractivity contribution >= 4 is 21.8 Å². The van der Waals surface area contributed by atoms with Crippen LogP contribution in [0.2, 0.25) is 0 Å². The highest BCUT2D eigenvalue weighted by Crippen LogP contribution is 2.18. The molecule has 4 heteroatoms. The van der Waals surface area contributed by atoms with E-state index in [-0.39, 0.29) is 11.9 Å². The van der Waals surface area contributed by atoms with E-state index in [1.54, 1.807) is 0 Å². The number of halogens is 1. The molecule has 92 valence electrons. The van der Waals surface area contributed by atoms with E-state index in [0.717, 1.165) is 41.5 Å². The Morgan fingerprint density at radius 3 is 3.06 bits per heavy atom. The lowest BCUT2D eigenvalue weighted by Crippen LogP contribution is -2.45. The molecule has 0 radical (unpaired) electrons. The van der Waals surface area contributed by atoms with Gasteiger partial charge in [-0.15, -0.1) is 0 Å². The van der Waals surface area contributed by atoms with Gasteiger partial charge >= 0.3 is 0 Å². The quantitative estimate of drug-likeness (QED) is 0.879. The Labute approximate surface area is 110 Å². The SMILES string of the molecule is Cc1ccc(Br)c(C(=O)N[C@@H]2CCCNC2)c1. The van der Waals surface area contributed by atoms with Crippen molar-refractivity contribution in [3.63, 3.8) is 0 Å². The molecule has 0 aliphatic carbocycles. The standard InChI is InChI=1S/C13H17BrN2O/c1-9-4-5-12(14)11(7-9)13(17)16-10-3-2-6-15-8-10/h4-5,7,10,15H,2-3,6,8H2,1H3,(H,16,17)/t10-/m1/s1. The molecule has 1 heterocycles. The largest absolute Gasteiger partial charge is 0.348 e. The van der Waals surface area contributed by atoms with E-state index < -0.39 is 0 Å². The van der Waals surface area contributed by atoms with Crippen LogP contribution >= 0.6 is 15.9 Å². The van der Waals surface area contributed by atoms with Gasteiger partial charge in [0.25, 0.3) is 5.91 Å². The van der Waals surface area contributed by atoms with Gasteiger partial charge in [-0.05, 0) is 54.4 Å². The van der Waals surface area contributed by atoms with Gasteiger partial charge in [0, 0.05) is 17.1 Å². The number of aryl methyl sites for hydroxylation is 1. The maximum absolute atomic E-state index is 12.1. The number of hydrogen-bond donors (Lipinski definition) is 2. The van der Waals surface area contributed by atoms with Gasteiger partial charge in [-0.3, -0.25) is 4.79 Å². The first-order chi connectivity index (χ1) is 8.16. The predicted octanol–water partition coefficient (Wildman–Crippen LogP) is 2.24. The number of hydrogen-bond acceptors (Lipinski definition) is 2. The Morgan fingerprint density at radius 1 is 1.53 bits per heavy atom. The Balaban J connectivity index is 2.05. The average Bonchev–Trinajstić information content (AvgIpc) is 2.33. The molecule has 1 saturated heterocycles. The molecule has 1 aromatic carbocycles. The Kier molecular flexibility index (Phi) is 4.18. The Bertz CT molecular complexity index is 414. The summed E-state index contributed by atoms with van der Waals surface area (Å²) in [5, 5.41) is 6.36. The maximum atomic E-state index is 12.1. The first-order valence-corrected chi connectivity index (χ1v) is 6.74. The maximum Gasteiger partial charge on any atom is 0.252 e. The summed E-state index contributed by atoms with van der Waals surface area (Å²) in [6.07, 6.45) is 2.18. The second-order valence-electron chi connectivity index (χ2n) is 4.50. The average molecular weight is 297 g/mol. The lowest BCUT2D eigenvalue weighted by atomic mass is 10.1. The molecule has 0 saturated carbocycles. The van der Waals surface area contributed by atoms with Crippen molar-refractivity contribution in [3.05, 3.63) is 33.8 Å². The molecule has 17 heavy (non-hydrogen) atoms. The molecule has 2 N–H and O–H groups in total. The lowest BCUT2D eigenvalue weighted by Gasteiger charge is -2.24. The second kappa shape index (κ2) is 5.65. The highest BCUT2D eigenvalue weighted by Gasteiger charge is 2.17. The van der Waals surface area contributed by atoms with Crippen molar-refractivity contribution in [2.45, 2.75) is 25.8 Å². The van der Waals surface area contributed by atoms with Gasteiger partial charge in [-0.1, -0.05) is 11.6 Å². The van der Waals surface area contributed by atoms with Gasteiger partial charge in [-0.2, -0.15) is 0 Å². The van der Waals surface area contributed by atoms with Crippen LogP contribution in [0, 0.1) is 6.92 Å². The zero-order chi connectivity index (χ0) is 12.3. The number of carbonyl (C=O) groups is 1. The van der Waals surface area contributed by atoms with E-state index in [9.17, 15) is 4.79 Å². The first kappa shape index (κ1) is 12.6. The normalized spacial score (nSPS) is 20.0. The fourth-order valence-corrected chi connectivity index (χ4v) is 2.48. The fourth-order valence-electron chi connectivity index (χ4n) is 2.05. The molecular weight excluding hydrogens is 280 g/mol. The lowest BCUT2D eigenvalue weighted by molar-refractivity contribution is 0.0930. The highest BCUT2D eigenvalue weighted by atomic mass is 79.9. The second-order valence-corrected chi connectivity index (χ2v) is 5.35. The molecule has 3 nitrogen and oxygen atoms in total. The topological polar surface area (TPSA) is 41.1 Å². The predicted molar refractivity (Wildman–Crippen MR) is 72.2 cm³/mol. The van der Waals surface area contributed by atoms with Crippen LogP contribution in [0.25, 0.3) is 0 Å². The van der Waals surface area contributed by atoms with E-state index in [1.807, 2.05) is 25.1 Å². The van der Waals surface area contributed by atoms with Crippen LogP contribution in [0.3, 0.4) is 0 Å². The molecule has 2 rings (SSSR count). The molecule has 1 aliphatic heterocycles. The number of carbonyl (C=O) groups excluding carboxylic acids is 1. The number of rotatable bonds is 2. The molecular formula is C13H17BrN2O. The molecule has 1 aromatic rings. The third-order valence-corrected chi connectivity index (χ3v) is 3.69. The first-order valence-electron chi connectivity index (χ1n) is 5.94. The molecule has 0 aromatic heterocycles. The van der Waals surface area contributed by atoms with Crippen molar-refractivity contribution in [3.8, 4) is 0 Å². The molecule has 1 atom stereocenters. The summed E-state index contributed by atoms with van der Waals surface area (Å²) < 4.78 is 0.851. The monoisotopic (exact) mass is 296 g/mol. The van der Waals surface area contributed by atoms with Crippen LogP contribution < -0.4 is 10.6 Å². The van der Waals surface area contributed by atoms with Crippen molar-refractivity contribution in [2.75, 3.05) is 13.1 Å². The van der Waals surface area contributed by atoms with Crippen molar-refractivity contribution in [1.29, 1.82) is 0 Å². The summed E-state index contributed by atoms with van der Waals surface area (Å²) in [6.45, 7) is 3.92. The minimum Gasteiger partial charge on any atom is -0.348 e. The van der Waals surface area contributed by atoms with Gasteiger partial charge in [0.2, 0.25) is 0 Å². The number of piperidine rings is 1. The van der Waals surface area contributed by atoms with Gasteiger partial charge in [-0.25, -0.2) is 0 Å². The van der Waals surface area contributed by atoms with Crippen molar-refractivity contribution in [1.82, 2.24) is 10.6 Å². The summed E-state index contributed by atoms with van der Waals surface area (Å²) >= 11 is 3.42. The molecule has 0 unspecified atom stereocenters. The molecule has 0 bridgehead atoms. The van der Waals surface area contributed by atoms with E-state index in [1.165, 1.54) is 0 Å². The Hall–Kier alpha value is -0.870. The van der Waals surface area contributed by atoms with Gasteiger partial charge in [0.1, 0.15) is 0 Å². The van der Waals surface area contributed by atoms with E-state index in [4.69, 9.17) is 0 Å². The Morgan fingerprint density at radius 2 is 2.35 bits per heavy atom. The summed E-state index contributed by atoms with van der Waals surface area (Å²) in [7, 11) is 0. The highest BCUT2D eigenvalue weighted by molar-refractivity contribution is 9.10. The van der Waals surface area contributed by atoms with Crippen LogP contribution in [0.4, 0.5) is 0 Å². The van der Waals surface area contributed by atoms with E-state index in [0.29, 0.717) is 0 Å². The van der Waals surface area contributed by atoms with Gasteiger partial charge in [0.05, 0.1) is 5.56 Å². The van der Waals surface area contributed by atoms with Gasteiger partial charge < -0.3 is 10.6 Å². The summed E-state index contributed by atoms with van der Waals surface area (Å²) in [5.74, 6) is 0.00859. The van der Waals surface area contributed by atoms with E-state index >= 15 is 0 Å². The van der Waals surface area contributed by atoms with Crippen molar-refractivity contribution < 1.29 is 4.79 Å². The summed E-state index contributed by atoms with van der Waals surface area (Å²) in [5.41, 5.74) is 1.82. The smallest absolute Gasteiger partial charge is 0.252 e. The molecule has 1 aliphatic rings. The third kappa shape index (κ3) is 3.30. The molecule has 1 fully saturated rings. The number of benzene rings is 1. The summed E-state index contributed by atoms with van der Waals surface area (Å²) in [4.78, 5) is 12.1. The number of nitrogens with one attached hydrogen (secondary N) is 2. The van der Waals surface area contributed by atoms with Gasteiger partial charge in [0.15, 0.2) is 0 Å². The third-order valence-electron chi connectivity index (χ3n) is 3.00. The molecule has 1 amide bonds.